The normalized spacial score (nSPS) is 11.4. The standard InChI is InChI=1S/C15H24O4/c1-4-7-10-13(14(16)18-11-8-5-2)15(17)19-12-9-6-3/h5-6,8-9,13H,4,7,10-12H2,1-3H3/b8-5+,9-6+. The van der Waals surface area contributed by atoms with Crippen molar-refractivity contribution in [3.63, 3.8) is 0 Å². The number of unbranched alkanes of at least 4 members (excludes halogenated alkanes) is 1. The Hall–Kier alpha value is -1.58. The number of esters is 2. The molecule has 0 aromatic heterocycles. The molecule has 0 N–H and O–H groups in total. The Morgan fingerprint density at radius 3 is 1.84 bits per heavy atom. The molecule has 4 nitrogen and oxygen atoms in total. The molecule has 0 rings (SSSR count). The quantitative estimate of drug-likeness (QED) is 0.366. The average Bonchev–Trinajstić information content (AvgIpc) is 2.40. The first-order chi connectivity index (χ1) is 9.17. The maximum Gasteiger partial charge on any atom is 0.320 e. The molecule has 0 bridgehead atoms. The Morgan fingerprint density at radius 1 is 1.00 bits per heavy atom. The number of allylic oxidation sites excluding steroid dienone is 2. The van der Waals surface area contributed by atoms with E-state index in [9.17, 15) is 9.59 Å². The summed E-state index contributed by atoms with van der Waals surface area (Å²) in [5, 5.41) is 0. The van der Waals surface area contributed by atoms with Crippen LogP contribution in [0.2, 0.25) is 0 Å². The van der Waals surface area contributed by atoms with Gasteiger partial charge < -0.3 is 9.47 Å². The fourth-order valence-electron chi connectivity index (χ4n) is 1.39. The highest BCUT2D eigenvalue weighted by molar-refractivity contribution is 5.94. The van der Waals surface area contributed by atoms with E-state index in [1.807, 2.05) is 20.8 Å². The minimum Gasteiger partial charge on any atom is -0.461 e. The monoisotopic (exact) mass is 268 g/mol. The highest BCUT2D eigenvalue weighted by Crippen LogP contribution is 2.13. The van der Waals surface area contributed by atoms with Crippen LogP contribution in [0.3, 0.4) is 0 Å². The second-order valence-corrected chi connectivity index (χ2v) is 4.09. The first-order valence-electron chi connectivity index (χ1n) is 6.72. The molecule has 0 aliphatic carbocycles. The molecule has 108 valence electrons. The van der Waals surface area contributed by atoms with E-state index in [4.69, 9.17) is 9.47 Å². The summed E-state index contributed by atoms with van der Waals surface area (Å²) in [6.07, 6.45) is 9.21. The molecule has 0 atom stereocenters. The lowest BCUT2D eigenvalue weighted by Crippen LogP contribution is -2.28. The predicted octanol–water partition coefficient (Wildman–Crippen LogP) is 3.03. The van der Waals surface area contributed by atoms with Crippen molar-refractivity contribution in [1.82, 2.24) is 0 Å². The van der Waals surface area contributed by atoms with Crippen molar-refractivity contribution in [1.29, 1.82) is 0 Å². The number of hydrogen-bond donors (Lipinski definition) is 0. The van der Waals surface area contributed by atoms with E-state index in [0.717, 1.165) is 12.8 Å². The SMILES string of the molecule is C/C=C/COC(=O)C(CCCC)C(=O)OC/C=C/C. The van der Waals surface area contributed by atoms with Crippen LogP contribution in [0, 0.1) is 5.92 Å². The lowest BCUT2D eigenvalue weighted by Gasteiger charge is -2.13. The van der Waals surface area contributed by atoms with Gasteiger partial charge in [-0.05, 0) is 20.3 Å². The first-order valence-corrected chi connectivity index (χ1v) is 6.72. The van der Waals surface area contributed by atoms with Gasteiger partial charge in [-0.25, -0.2) is 0 Å². The maximum absolute atomic E-state index is 11.8. The zero-order valence-electron chi connectivity index (χ0n) is 12.1. The predicted molar refractivity (Wildman–Crippen MR) is 74.6 cm³/mol. The lowest BCUT2D eigenvalue weighted by atomic mass is 10.0. The number of carbonyl (C=O) groups is 2. The van der Waals surface area contributed by atoms with E-state index in [2.05, 4.69) is 0 Å². The number of carbonyl (C=O) groups excluding carboxylic acids is 2. The first kappa shape index (κ1) is 17.4. The van der Waals surface area contributed by atoms with Crippen LogP contribution in [0.4, 0.5) is 0 Å². The van der Waals surface area contributed by atoms with Crippen LogP contribution in [0.5, 0.6) is 0 Å². The van der Waals surface area contributed by atoms with Crippen LogP contribution in [0.25, 0.3) is 0 Å². The van der Waals surface area contributed by atoms with E-state index in [0.29, 0.717) is 6.42 Å². The minimum atomic E-state index is -0.810. The minimum absolute atomic E-state index is 0.195. The van der Waals surface area contributed by atoms with Crippen molar-refractivity contribution in [2.75, 3.05) is 13.2 Å². The molecule has 0 amide bonds. The smallest absolute Gasteiger partial charge is 0.320 e. The zero-order valence-corrected chi connectivity index (χ0v) is 12.1. The van der Waals surface area contributed by atoms with Gasteiger partial charge in [0.2, 0.25) is 0 Å². The summed E-state index contributed by atoms with van der Waals surface area (Å²) >= 11 is 0. The van der Waals surface area contributed by atoms with E-state index >= 15 is 0 Å². The third-order valence-corrected chi connectivity index (χ3v) is 2.53. The van der Waals surface area contributed by atoms with Crippen LogP contribution in [0.1, 0.15) is 40.0 Å². The molecule has 0 aromatic rings. The van der Waals surface area contributed by atoms with E-state index in [-0.39, 0.29) is 13.2 Å². The van der Waals surface area contributed by atoms with Gasteiger partial charge in [-0.2, -0.15) is 0 Å². The summed E-state index contributed by atoms with van der Waals surface area (Å²) in [6.45, 7) is 6.08. The number of ether oxygens (including phenoxy) is 2. The topological polar surface area (TPSA) is 52.6 Å². The van der Waals surface area contributed by atoms with Crippen molar-refractivity contribution in [3.8, 4) is 0 Å². The van der Waals surface area contributed by atoms with Gasteiger partial charge in [-0.15, -0.1) is 0 Å². The van der Waals surface area contributed by atoms with Gasteiger partial charge in [-0.3, -0.25) is 9.59 Å². The van der Waals surface area contributed by atoms with Crippen LogP contribution < -0.4 is 0 Å². The molecule has 0 radical (unpaired) electrons. The number of rotatable bonds is 9. The van der Waals surface area contributed by atoms with Gasteiger partial charge in [0.15, 0.2) is 5.92 Å². The van der Waals surface area contributed by atoms with Crippen molar-refractivity contribution < 1.29 is 19.1 Å². The van der Waals surface area contributed by atoms with Crippen LogP contribution in [-0.2, 0) is 19.1 Å². The highest BCUT2D eigenvalue weighted by Gasteiger charge is 2.28. The van der Waals surface area contributed by atoms with Gasteiger partial charge in [0, 0.05) is 0 Å². The van der Waals surface area contributed by atoms with E-state index in [1.54, 1.807) is 24.3 Å². The maximum atomic E-state index is 11.8. The molecular formula is C15H24O4. The largest absolute Gasteiger partial charge is 0.461 e. The molecule has 4 heteroatoms. The van der Waals surface area contributed by atoms with Crippen molar-refractivity contribution in [2.45, 2.75) is 40.0 Å². The second kappa shape index (κ2) is 11.5. The van der Waals surface area contributed by atoms with E-state index < -0.39 is 17.9 Å². The zero-order chi connectivity index (χ0) is 14.5. The summed E-state index contributed by atoms with van der Waals surface area (Å²) in [6, 6.07) is 0. The van der Waals surface area contributed by atoms with Crippen LogP contribution in [0.15, 0.2) is 24.3 Å². The summed E-state index contributed by atoms with van der Waals surface area (Å²) in [5.74, 6) is -1.82. The molecular weight excluding hydrogens is 244 g/mol. The molecule has 0 saturated heterocycles. The van der Waals surface area contributed by atoms with Gasteiger partial charge in [0.05, 0.1) is 0 Å². The van der Waals surface area contributed by atoms with Crippen molar-refractivity contribution in [3.05, 3.63) is 24.3 Å². The Kier molecular flexibility index (Phi) is 10.6. The molecule has 19 heavy (non-hydrogen) atoms. The Labute approximate surface area is 115 Å². The molecule has 0 aliphatic heterocycles. The molecule has 0 aromatic carbocycles. The third-order valence-electron chi connectivity index (χ3n) is 2.53. The Balaban J connectivity index is 4.41. The van der Waals surface area contributed by atoms with E-state index in [1.165, 1.54) is 0 Å². The Bertz CT molecular complexity index is 290. The van der Waals surface area contributed by atoms with Crippen LogP contribution >= 0.6 is 0 Å². The average molecular weight is 268 g/mol. The summed E-state index contributed by atoms with van der Waals surface area (Å²) < 4.78 is 10.0. The third kappa shape index (κ3) is 8.19. The molecule has 0 spiro atoms. The summed E-state index contributed by atoms with van der Waals surface area (Å²) in [5.41, 5.74) is 0. The summed E-state index contributed by atoms with van der Waals surface area (Å²) in [7, 11) is 0. The molecule has 0 aliphatic rings. The molecule has 0 heterocycles. The lowest BCUT2D eigenvalue weighted by molar-refractivity contribution is -0.161. The second-order valence-electron chi connectivity index (χ2n) is 4.09. The Morgan fingerprint density at radius 2 is 1.47 bits per heavy atom. The van der Waals surface area contributed by atoms with Crippen molar-refractivity contribution in [2.24, 2.45) is 5.92 Å². The molecule has 0 fully saturated rings. The van der Waals surface area contributed by atoms with Crippen molar-refractivity contribution >= 4 is 11.9 Å². The van der Waals surface area contributed by atoms with Gasteiger partial charge >= 0.3 is 11.9 Å². The fraction of sp³-hybridized carbons (Fsp3) is 0.600. The van der Waals surface area contributed by atoms with Gasteiger partial charge in [0.25, 0.3) is 0 Å². The highest BCUT2D eigenvalue weighted by atomic mass is 16.6. The fourth-order valence-corrected chi connectivity index (χ4v) is 1.39. The van der Waals surface area contributed by atoms with Crippen LogP contribution in [-0.4, -0.2) is 25.2 Å². The van der Waals surface area contributed by atoms with Gasteiger partial charge in [-0.1, -0.05) is 44.1 Å². The van der Waals surface area contributed by atoms with Gasteiger partial charge in [0.1, 0.15) is 13.2 Å². The molecule has 0 unspecified atom stereocenters. The molecule has 0 saturated carbocycles. The summed E-state index contributed by atoms with van der Waals surface area (Å²) in [4.78, 5) is 23.6. The number of hydrogen-bond acceptors (Lipinski definition) is 4.